The fraction of sp³-hybridized carbons (Fsp3) is 0.280. The molecule has 1 saturated heterocycles. The smallest absolute Gasteiger partial charge is 0.133 e. The second kappa shape index (κ2) is 9.24. The molecule has 5 nitrogen and oxygen atoms in total. The average Bonchev–Trinajstić information content (AvgIpc) is 3.24. The average molecular weight is 431 g/mol. The summed E-state index contributed by atoms with van der Waals surface area (Å²) in [5.74, 6) is 0.853. The van der Waals surface area contributed by atoms with Crippen molar-refractivity contribution in [3.8, 4) is 11.1 Å². The zero-order valence-corrected chi connectivity index (χ0v) is 18.3. The molecule has 0 radical (unpaired) electrons. The summed E-state index contributed by atoms with van der Waals surface area (Å²) < 4.78 is 6.55. The fourth-order valence-electron chi connectivity index (χ4n) is 3.94. The van der Waals surface area contributed by atoms with Crippen molar-refractivity contribution in [1.29, 1.82) is 0 Å². The van der Waals surface area contributed by atoms with E-state index in [-0.39, 0.29) is 0 Å². The highest BCUT2D eigenvalue weighted by Gasteiger charge is 2.12. The van der Waals surface area contributed by atoms with Gasteiger partial charge in [0, 0.05) is 49.7 Å². The van der Waals surface area contributed by atoms with E-state index in [1.807, 2.05) is 6.20 Å². The first kappa shape index (κ1) is 20.3. The van der Waals surface area contributed by atoms with Gasteiger partial charge in [0.05, 0.1) is 23.4 Å². The van der Waals surface area contributed by atoms with E-state index in [1.54, 1.807) is 11.3 Å². The maximum atomic E-state index is 5.73. The Balaban J connectivity index is 1.33. The molecular weight excluding hydrogens is 404 g/mol. The first-order chi connectivity index (χ1) is 15.3. The van der Waals surface area contributed by atoms with E-state index in [9.17, 15) is 0 Å². The molecule has 0 spiro atoms. The predicted octanol–water partition coefficient (Wildman–Crippen LogP) is 4.24. The van der Waals surface area contributed by atoms with Crippen LogP contribution in [0.1, 0.15) is 22.5 Å². The summed E-state index contributed by atoms with van der Waals surface area (Å²) in [5.41, 5.74) is 12.8. The molecule has 1 aliphatic heterocycles. The first-order valence-electron chi connectivity index (χ1n) is 10.7. The number of aromatic nitrogens is 2. The summed E-state index contributed by atoms with van der Waals surface area (Å²) in [7, 11) is 0. The number of nitrogens with two attached hydrogens (primary N) is 1. The molecule has 0 bridgehead atoms. The van der Waals surface area contributed by atoms with Crippen molar-refractivity contribution in [2.75, 3.05) is 26.3 Å². The maximum absolute atomic E-state index is 5.73. The molecule has 0 saturated carbocycles. The summed E-state index contributed by atoms with van der Waals surface area (Å²) in [6.45, 7) is 5.22. The van der Waals surface area contributed by atoms with E-state index in [0.29, 0.717) is 6.54 Å². The van der Waals surface area contributed by atoms with Crippen LogP contribution in [0.25, 0.3) is 21.3 Å². The fourth-order valence-corrected chi connectivity index (χ4v) is 4.81. The van der Waals surface area contributed by atoms with E-state index in [0.717, 1.165) is 66.4 Å². The van der Waals surface area contributed by atoms with Gasteiger partial charge in [-0.05, 0) is 22.3 Å². The van der Waals surface area contributed by atoms with Crippen LogP contribution in [0.15, 0.2) is 60.1 Å². The molecule has 0 unspecified atom stereocenters. The third-order valence-corrected chi connectivity index (χ3v) is 6.67. The molecular formula is C25H26N4OS. The van der Waals surface area contributed by atoms with Gasteiger partial charge in [0.1, 0.15) is 5.82 Å². The molecule has 0 amide bonds. The van der Waals surface area contributed by atoms with E-state index >= 15 is 0 Å². The Labute approximate surface area is 186 Å². The molecule has 0 atom stereocenters. The summed E-state index contributed by atoms with van der Waals surface area (Å²) in [4.78, 5) is 12.0. The molecule has 3 heterocycles. The molecule has 1 aliphatic rings. The molecule has 2 aromatic carbocycles. The van der Waals surface area contributed by atoms with Crippen LogP contribution in [0.4, 0.5) is 0 Å². The lowest BCUT2D eigenvalue weighted by Crippen LogP contribution is -2.35. The van der Waals surface area contributed by atoms with Crippen molar-refractivity contribution >= 4 is 21.6 Å². The Morgan fingerprint density at radius 3 is 2.39 bits per heavy atom. The number of fused-ring (bicyclic) bond motifs is 1. The van der Waals surface area contributed by atoms with Gasteiger partial charge < -0.3 is 10.5 Å². The van der Waals surface area contributed by atoms with Crippen LogP contribution in [0.5, 0.6) is 0 Å². The Kier molecular flexibility index (Phi) is 6.04. The van der Waals surface area contributed by atoms with E-state index in [4.69, 9.17) is 15.5 Å². The van der Waals surface area contributed by atoms with Gasteiger partial charge in [-0.1, -0.05) is 48.5 Å². The third-order valence-electron chi connectivity index (χ3n) is 5.76. The van der Waals surface area contributed by atoms with Crippen molar-refractivity contribution in [3.63, 3.8) is 0 Å². The van der Waals surface area contributed by atoms with E-state index < -0.39 is 0 Å². The zero-order chi connectivity index (χ0) is 21.0. The monoisotopic (exact) mass is 430 g/mol. The molecule has 4 aromatic rings. The van der Waals surface area contributed by atoms with E-state index in [1.165, 1.54) is 16.7 Å². The van der Waals surface area contributed by atoms with Crippen molar-refractivity contribution in [3.05, 3.63) is 82.6 Å². The minimum atomic E-state index is 0.558. The number of thiophene rings is 1. The van der Waals surface area contributed by atoms with Crippen LogP contribution in [0, 0.1) is 0 Å². The van der Waals surface area contributed by atoms with Gasteiger partial charge in [0.2, 0.25) is 0 Å². The molecule has 2 N–H and O–H groups in total. The number of morpholine rings is 1. The Morgan fingerprint density at radius 2 is 1.65 bits per heavy atom. The van der Waals surface area contributed by atoms with Gasteiger partial charge in [-0.15, -0.1) is 11.3 Å². The van der Waals surface area contributed by atoms with Gasteiger partial charge in [0.25, 0.3) is 0 Å². The van der Waals surface area contributed by atoms with Crippen molar-refractivity contribution in [2.45, 2.75) is 19.5 Å². The lowest BCUT2D eigenvalue weighted by molar-refractivity contribution is 0.0342. The van der Waals surface area contributed by atoms with Gasteiger partial charge in [-0.2, -0.15) is 0 Å². The lowest BCUT2D eigenvalue weighted by atomic mass is 10.1. The molecule has 158 valence electrons. The van der Waals surface area contributed by atoms with Crippen molar-refractivity contribution < 1.29 is 4.74 Å². The quantitative estimate of drug-likeness (QED) is 0.496. The highest BCUT2D eigenvalue weighted by Crippen LogP contribution is 2.32. The Hall–Kier alpha value is -2.64. The van der Waals surface area contributed by atoms with Crippen LogP contribution >= 0.6 is 11.3 Å². The van der Waals surface area contributed by atoms with E-state index in [2.05, 4.69) is 63.8 Å². The Morgan fingerprint density at radius 1 is 0.935 bits per heavy atom. The van der Waals surface area contributed by atoms with Crippen LogP contribution in [-0.4, -0.2) is 41.2 Å². The Bertz CT molecular complexity index is 1150. The van der Waals surface area contributed by atoms with Crippen LogP contribution in [-0.2, 0) is 24.2 Å². The number of ether oxygens (including phenoxy) is 1. The molecule has 5 rings (SSSR count). The van der Waals surface area contributed by atoms with Crippen LogP contribution < -0.4 is 5.73 Å². The molecule has 6 heteroatoms. The minimum Gasteiger partial charge on any atom is -0.379 e. The SMILES string of the molecule is NCc1ccc(-c2csc3cnc(Cc4ccc(CN5CCOCC5)cc4)nc23)cc1. The van der Waals surface area contributed by atoms with Gasteiger partial charge in [-0.25, -0.2) is 9.97 Å². The number of hydrogen-bond acceptors (Lipinski definition) is 6. The topological polar surface area (TPSA) is 64.3 Å². The first-order valence-corrected chi connectivity index (χ1v) is 11.6. The van der Waals surface area contributed by atoms with Gasteiger partial charge in [0.15, 0.2) is 0 Å². The number of benzene rings is 2. The molecule has 2 aromatic heterocycles. The van der Waals surface area contributed by atoms with Crippen molar-refractivity contribution in [2.24, 2.45) is 5.73 Å². The third kappa shape index (κ3) is 4.67. The summed E-state index contributed by atoms with van der Waals surface area (Å²) in [6.07, 6.45) is 2.68. The number of nitrogens with zero attached hydrogens (tertiary/aromatic N) is 3. The molecule has 31 heavy (non-hydrogen) atoms. The lowest BCUT2D eigenvalue weighted by Gasteiger charge is -2.26. The highest BCUT2D eigenvalue weighted by molar-refractivity contribution is 7.17. The maximum Gasteiger partial charge on any atom is 0.133 e. The summed E-state index contributed by atoms with van der Waals surface area (Å²) >= 11 is 1.69. The summed E-state index contributed by atoms with van der Waals surface area (Å²) in [6, 6.07) is 17.2. The highest BCUT2D eigenvalue weighted by atomic mass is 32.1. The van der Waals surface area contributed by atoms with Crippen LogP contribution in [0.2, 0.25) is 0 Å². The normalized spacial score (nSPS) is 14.9. The van der Waals surface area contributed by atoms with Crippen LogP contribution in [0.3, 0.4) is 0 Å². The second-order valence-electron chi connectivity index (χ2n) is 7.93. The molecule has 1 fully saturated rings. The number of hydrogen-bond donors (Lipinski definition) is 1. The van der Waals surface area contributed by atoms with Crippen molar-refractivity contribution in [1.82, 2.24) is 14.9 Å². The zero-order valence-electron chi connectivity index (χ0n) is 17.5. The van der Waals surface area contributed by atoms with Gasteiger partial charge in [-0.3, -0.25) is 4.90 Å². The predicted molar refractivity (Wildman–Crippen MR) is 126 cm³/mol. The minimum absolute atomic E-state index is 0.558. The molecule has 0 aliphatic carbocycles. The largest absolute Gasteiger partial charge is 0.379 e. The second-order valence-corrected chi connectivity index (χ2v) is 8.84. The standard InChI is InChI=1S/C25H26N4OS/c26-14-19-5-7-21(8-6-19)22-17-31-23-15-27-24(28-25(22)23)13-18-1-3-20(4-2-18)16-29-9-11-30-12-10-29/h1-8,15,17H,9-14,16,26H2. The number of rotatable bonds is 6. The van der Waals surface area contributed by atoms with Gasteiger partial charge >= 0.3 is 0 Å². The summed E-state index contributed by atoms with van der Waals surface area (Å²) in [5, 5.41) is 2.17.